The average Bonchev–Trinajstić information content (AvgIpc) is 2.45. The van der Waals surface area contributed by atoms with Crippen LogP contribution >= 0.6 is 0 Å². The van der Waals surface area contributed by atoms with Crippen LogP contribution in [-0.4, -0.2) is 22.6 Å². The molecule has 1 N–H and O–H groups in total. The topological polar surface area (TPSA) is 47.0 Å². The van der Waals surface area contributed by atoms with Crippen LogP contribution < -0.4 is 10.1 Å². The first-order valence-electron chi connectivity index (χ1n) is 6.96. The fourth-order valence-corrected chi connectivity index (χ4v) is 2.11. The molecule has 4 heteroatoms. The molecule has 0 aliphatic carbocycles. The van der Waals surface area contributed by atoms with Crippen LogP contribution in [0.3, 0.4) is 0 Å². The maximum atomic E-state index is 5.76. The third-order valence-corrected chi connectivity index (χ3v) is 2.87. The van der Waals surface area contributed by atoms with Crippen molar-refractivity contribution in [3.63, 3.8) is 0 Å². The Morgan fingerprint density at radius 2 is 2.10 bits per heavy atom. The molecule has 0 bridgehead atoms. The first-order valence-corrected chi connectivity index (χ1v) is 6.96. The van der Waals surface area contributed by atoms with E-state index in [-0.39, 0.29) is 12.1 Å². The lowest BCUT2D eigenvalue weighted by Crippen LogP contribution is -2.23. The molecule has 106 valence electrons. The van der Waals surface area contributed by atoms with E-state index >= 15 is 0 Å². The van der Waals surface area contributed by atoms with Gasteiger partial charge in [-0.15, -0.1) is 0 Å². The van der Waals surface area contributed by atoms with Gasteiger partial charge in [-0.25, -0.2) is 9.97 Å². The van der Waals surface area contributed by atoms with Gasteiger partial charge in [-0.1, -0.05) is 19.1 Å². The Kier molecular flexibility index (Phi) is 5.07. The van der Waals surface area contributed by atoms with Crippen LogP contribution in [0.4, 0.5) is 0 Å². The fraction of sp³-hybridized carbons (Fsp3) is 0.375. The highest BCUT2D eigenvalue weighted by molar-refractivity contribution is 5.34. The van der Waals surface area contributed by atoms with E-state index in [1.54, 1.807) is 12.5 Å². The predicted molar refractivity (Wildman–Crippen MR) is 79.8 cm³/mol. The summed E-state index contributed by atoms with van der Waals surface area (Å²) >= 11 is 0. The molecule has 0 spiro atoms. The van der Waals surface area contributed by atoms with Crippen LogP contribution in [0, 0.1) is 0 Å². The Bertz CT molecular complexity index is 528. The number of hydrogen-bond donors (Lipinski definition) is 1. The van der Waals surface area contributed by atoms with Gasteiger partial charge in [-0.3, -0.25) is 0 Å². The minimum absolute atomic E-state index is 0.0544. The van der Waals surface area contributed by atoms with Gasteiger partial charge >= 0.3 is 0 Å². The summed E-state index contributed by atoms with van der Waals surface area (Å²) in [6, 6.07) is 10.1. The number of benzene rings is 1. The second-order valence-corrected chi connectivity index (χ2v) is 4.86. The summed E-state index contributed by atoms with van der Waals surface area (Å²) in [6.45, 7) is 7.00. The van der Waals surface area contributed by atoms with E-state index in [1.165, 1.54) is 0 Å². The summed E-state index contributed by atoms with van der Waals surface area (Å²) in [5.41, 5.74) is 2.10. The molecule has 4 nitrogen and oxygen atoms in total. The molecule has 1 aromatic heterocycles. The second kappa shape index (κ2) is 7.01. The minimum Gasteiger partial charge on any atom is -0.491 e. The number of rotatable bonds is 6. The van der Waals surface area contributed by atoms with Crippen molar-refractivity contribution in [2.45, 2.75) is 32.9 Å². The van der Waals surface area contributed by atoms with Gasteiger partial charge < -0.3 is 10.1 Å². The lowest BCUT2D eigenvalue weighted by molar-refractivity contribution is 0.242. The number of nitrogens with zero attached hydrogens (tertiary/aromatic N) is 2. The zero-order valence-electron chi connectivity index (χ0n) is 12.2. The molecule has 0 saturated heterocycles. The molecular formula is C16H21N3O. The van der Waals surface area contributed by atoms with Crippen molar-refractivity contribution < 1.29 is 4.74 Å². The van der Waals surface area contributed by atoms with Crippen molar-refractivity contribution in [3.05, 3.63) is 54.1 Å². The van der Waals surface area contributed by atoms with Crippen LogP contribution in [0.25, 0.3) is 0 Å². The summed E-state index contributed by atoms with van der Waals surface area (Å²) in [5.74, 6) is 0.884. The van der Waals surface area contributed by atoms with E-state index in [1.807, 2.05) is 32.0 Å². The Morgan fingerprint density at radius 3 is 2.75 bits per heavy atom. The molecule has 1 unspecified atom stereocenters. The molecule has 0 fully saturated rings. The molecule has 0 saturated carbocycles. The molecule has 2 aromatic rings. The Hall–Kier alpha value is -1.94. The largest absolute Gasteiger partial charge is 0.491 e. The molecule has 0 aliphatic heterocycles. The van der Waals surface area contributed by atoms with Gasteiger partial charge in [0.05, 0.1) is 17.8 Å². The van der Waals surface area contributed by atoms with E-state index in [4.69, 9.17) is 4.74 Å². The maximum absolute atomic E-state index is 5.76. The summed E-state index contributed by atoms with van der Waals surface area (Å²) in [4.78, 5) is 8.33. The summed E-state index contributed by atoms with van der Waals surface area (Å²) in [7, 11) is 0. The average molecular weight is 271 g/mol. The monoisotopic (exact) mass is 271 g/mol. The van der Waals surface area contributed by atoms with Crippen LogP contribution in [0.15, 0.2) is 42.9 Å². The van der Waals surface area contributed by atoms with Crippen molar-refractivity contribution in [2.24, 2.45) is 0 Å². The highest BCUT2D eigenvalue weighted by Crippen LogP contribution is 2.24. The molecule has 0 aliphatic rings. The van der Waals surface area contributed by atoms with E-state index < -0.39 is 0 Å². The van der Waals surface area contributed by atoms with Crippen LogP contribution in [-0.2, 0) is 0 Å². The van der Waals surface area contributed by atoms with E-state index in [0.29, 0.717) is 0 Å². The predicted octanol–water partition coefficient (Wildman–Crippen LogP) is 2.96. The molecule has 1 atom stereocenters. The third-order valence-electron chi connectivity index (χ3n) is 2.87. The summed E-state index contributed by atoms with van der Waals surface area (Å²) in [5, 5.41) is 3.45. The first kappa shape index (κ1) is 14.5. The molecule has 0 amide bonds. The number of hydrogen-bond acceptors (Lipinski definition) is 4. The van der Waals surface area contributed by atoms with Crippen molar-refractivity contribution in [2.75, 3.05) is 6.54 Å². The van der Waals surface area contributed by atoms with Gasteiger partial charge in [0.2, 0.25) is 0 Å². The van der Waals surface area contributed by atoms with Crippen molar-refractivity contribution in [1.29, 1.82) is 0 Å². The molecule has 0 radical (unpaired) electrons. The van der Waals surface area contributed by atoms with Crippen molar-refractivity contribution in [3.8, 4) is 5.75 Å². The smallest absolute Gasteiger partial charge is 0.120 e. The summed E-state index contributed by atoms with van der Waals surface area (Å²) < 4.78 is 5.76. The Labute approximate surface area is 120 Å². The molecule has 20 heavy (non-hydrogen) atoms. The van der Waals surface area contributed by atoms with E-state index in [2.05, 4.69) is 34.3 Å². The van der Waals surface area contributed by atoms with Gasteiger partial charge in [-0.2, -0.15) is 0 Å². The van der Waals surface area contributed by atoms with E-state index in [9.17, 15) is 0 Å². The molecular weight excluding hydrogens is 250 g/mol. The van der Waals surface area contributed by atoms with Crippen molar-refractivity contribution >= 4 is 0 Å². The number of ether oxygens (including phenoxy) is 1. The quantitative estimate of drug-likeness (QED) is 0.877. The Morgan fingerprint density at radius 1 is 1.25 bits per heavy atom. The Balaban J connectivity index is 2.30. The second-order valence-electron chi connectivity index (χ2n) is 4.86. The lowest BCUT2D eigenvalue weighted by atomic mass is 10.0. The highest BCUT2D eigenvalue weighted by atomic mass is 16.5. The number of nitrogens with one attached hydrogen (secondary N) is 1. The minimum atomic E-state index is 0.0544. The van der Waals surface area contributed by atoms with Gasteiger partial charge in [0, 0.05) is 6.20 Å². The van der Waals surface area contributed by atoms with Crippen LogP contribution in [0.2, 0.25) is 0 Å². The first-order chi connectivity index (χ1) is 9.70. The third kappa shape index (κ3) is 3.78. The van der Waals surface area contributed by atoms with Gasteiger partial charge in [-0.05, 0) is 44.2 Å². The van der Waals surface area contributed by atoms with Crippen LogP contribution in [0.1, 0.15) is 38.1 Å². The molecule has 1 aromatic carbocycles. The molecule has 1 heterocycles. The van der Waals surface area contributed by atoms with Gasteiger partial charge in [0.25, 0.3) is 0 Å². The standard InChI is InChI=1S/C16H21N3O/c1-4-18-16(15-8-9-17-11-19-15)13-6-5-7-14(10-13)20-12(2)3/h5-12,16,18H,4H2,1-3H3. The zero-order valence-corrected chi connectivity index (χ0v) is 12.2. The van der Waals surface area contributed by atoms with Gasteiger partial charge in [0.1, 0.15) is 12.1 Å². The summed E-state index contributed by atoms with van der Waals surface area (Å²) in [6.07, 6.45) is 3.51. The number of aromatic nitrogens is 2. The van der Waals surface area contributed by atoms with E-state index in [0.717, 1.165) is 23.6 Å². The fourth-order valence-electron chi connectivity index (χ4n) is 2.11. The van der Waals surface area contributed by atoms with Gasteiger partial charge in [0.15, 0.2) is 0 Å². The zero-order chi connectivity index (χ0) is 14.4. The highest BCUT2D eigenvalue weighted by Gasteiger charge is 2.14. The lowest BCUT2D eigenvalue weighted by Gasteiger charge is -2.19. The van der Waals surface area contributed by atoms with Crippen molar-refractivity contribution in [1.82, 2.24) is 15.3 Å². The maximum Gasteiger partial charge on any atom is 0.120 e. The van der Waals surface area contributed by atoms with Crippen LogP contribution in [0.5, 0.6) is 5.75 Å². The normalized spacial score (nSPS) is 12.4. The molecule has 2 rings (SSSR count). The SMILES string of the molecule is CCNC(c1cccc(OC(C)C)c1)c1ccncn1.